The summed E-state index contributed by atoms with van der Waals surface area (Å²) in [5.74, 6) is 1.79. The SMILES string of the molecule is CCN1C(=O)COc2ccc(-c3csc(NC(=O)CCc4ccc(OC)c(OC)c4)n3)cc21. The van der Waals surface area contributed by atoms with Crippen molar-refractivity contribution in [3.05, 3.63) is 47.3 Å². The van der Waals surface area contributed by atoms with Crippen LogP contribution in [0.1, 0.15) is 18.9 Å². The minimum atomic E-state index is -0.118. The summed E-state index contributed by atoms with van der Waals surface area (Å²) in [5.41, 5.74) is 3.30. The van der Waals surface area contributed by atoms with Gasteiger partial charge in [0.1, 0.15) is 5.75 Å². The third kappa shape index (κ3) is 4.93. The van der Waals surface area contributed by atoms with Gasteiger partial charge >= 0.3 is 0 Å². The van der Waals surface area contributed by atoms with Crippen molar-refractivity contribution < 1.29 is 23.8 Å². The zero-order valence-electron chi connectivity index (χ0n) is 18.7. The summed E-state index contributed by atoms with van der Waals surface area (Å²) in [6.45, 7) is 2.55. The highest BCUT2D eigenvalue weighted by atomic mass is 32.1. The average molecular weight is 468 g/mol. The van der Waals surface area contributed by atoms with Gasteiger partial charge in [0, 0.05) is 23.9 Å². The molecule has 0 saturated heterocycles. The molecular weight excluding hydrogens is 442 g/mol. The largest absolute Gasteiger partial charge is 0.493 e. The number of nitrogens with zero attached hydrogens (tertiary/aromatic N) is 2. The lowest BCUT2D eigenvalue weighted by Crippen LogP contribution is -2.38. The first kappa shape index (κ1) is 22.6. The molecule has 2 heterocycles. The molecule has 2 aromatic carbocycles. The number of anilines is 2. The van der Waals surface area contributed by atoms with E-state index in [-0.39, 0.29) is 18.4 Å². The fourth-order valence-corrected chi connectivity index (χ4v) is 4.38. The van der Waals surface area contributed by atoms with E-state index in [4.69, 9.17) is 14.2 Å². The van der Waals surface area contributed by atoms with Crippen molar-refractivity contribution in [2.75, 3.05) is 37.6 Å². The molecular formula is C24H25N3O5S. The number of rotatable bonds is 8. The van der Waals surface area contributed by atoms with Crippen molar-refractivity contribution in [2.24, 2.45) is 0 Å². The van der Waals surface area contributed by atoms with Crippen LogP contribution in [0.25, 0.3) is 11.3 Å². The van der Waals surface area contributed by atoms with Crippen LogP contribution in [0.5, 0.6) is 17.2 Å². The molecule has 33 heavy (non-hydrogen) atoms. The Labute approximate surface area is 196 Å². The summed E-state index contributed by atoms with van der Waals surface area (Å²) in [5, 5.41) is 5.28. The Kier molecular flexibility index (Phi) is 6.79. The molecule has 1 aromatic heterocycles. The molecule has 3 aromatic rings. The summed E-state index contributed by atoms with van der Waals surface area (Å²) in [7, 11) is 3.17. The van der Waals surface area contributed by atoms with Crippen molar-refractivity contribution in [2.45, 2.75) is 19.8 Å². The first-order valence-corrected chi connectivity index (χ1v) is 11.4. The fourth-order valence-electron chi connectivity index (χ4n) is 3.65. The standard InChI is InChI=1S/C24H25N3O5S/c1-4-27-18-12-16(7-9-19(18)32-13-23(27)29)17-14-33-24(25-17)26-22(28)10-6-15-5-8-20(30-2)21(11-15)31-3/h5,7-9,11-12,14H,4,6,10,13H2,1-3H3,(H,25,26,28). The van der Waals surface area contributed by atoms with Gasteiger partial charge in [-0.05, 0) is 49.2 Å². The van der Waals surface area contributed by atoms with Gasteiger partial charge in [0.2, 0.25) is 5.91 Å². The number of hydrogen-bond acceptors (Lipinski definition) is 7. The fraction of sp³-hybridized carbons (Fsp3) is 0.292. The van der Waals surface area contributed by atoms with Crippen LogP contribution in [0, 0.1) is 0 Å². The molecule has 0 bridgehead atoms. The lowest BCUT2D eigenvalue weighted by molar-refractivity contribution is -0.121. The number of fused-ring (bicyclic) bond motifs is 1. The van der Waals surface area contributed by atoms with E-state index in [1.165, 1.54) is 11.3 Å². The van der Waals surface area contributed by atoms with Gasteiger partial charge < -0.3 is 24.4 Å². The highest BCUT2D eigenvalue weighted by Gasteiger charge is 2.24. The number of aromatic nitrogens is 1. The number of nitrogens with one attached hydrogen (secondary N) is 1. The molecule has 0 atom stereocenters. The number of hydrogen-bond donors (Lipinski definition) is 1. The van der Waals surface area contributed by atoms with Gasteiger partial charge in [0.25, 0.3) is 5.91 Å². The van der Waals surface area contributed by atoms with Crippen LogP contribution in [0.15, 0.2) is 41.8 Å². The predicted octanol–water partition coefficient (Wildman–Crippen LogP) is 4.14. The Morgan fingerprint density at radius 2 is 2.00 bits per heavy atom. The molecule has 0 unspecified atom stereocenters. The Hall–Kier alpha value is -3.59. The van der Waals surface area contributed by atoms with Gasteiger partial charge in [-0.15, -0.1) is 11.3 Å². The summed E-state index contributed by atoms with van der Waals surface area (Å²) in [6.07, 6.45) is 0.879. The number of likely N-dealkylation sites (N-methyl/N-ethyl adjacent to an activating group) is 1. The number of benzene rings is 2. The van der Waals surface area contributed by atoms with Crippen LogP contribution in [-0.2, 0) is 16.0 Å². The molecule has 2 amide bonds. The van der Waals surface area contributed by atoms with Gasteiger partial charge in [-0.25, -0.2) is 4.98 Å². The van der Waals surface area contributed by atoms with Crippen molar-refractivity contribution in [3.63, 3.8) is 0 Å². The molecule has 0 saturated carbocycles. The van der Waals surface area contributed by atoms with E-state index < -0.39 is 0 Å². The molecule has 1 aliphatic heterocycles. The van der Waals surface area contributed by atoms with Crippen LogP contribution < -0.4 is 24.4 Å². The van der Waals surface area contributed by atoms with E-state index >= 15 is 0 Å². The maximum Gasteiger partial charge on any atom is 0.265 e. The average Bonchev–Trinajstić information content (AvgIpc) is 3.30. The van der Waals surface area contributed by atoms with Gasteiger partial charge in [-0.2, -0.15) is 0 Å². The molecule has 1 aliphatic rings. The number of carbonyl (C=O) groups is 2. The monoisotopic (exact) mass is 467 g/mol. The smallest absolute Gasteiger partial charge is 0.265 e. The van der Waals surface area contributed by atoms with Crippen molar-refractivity contribution >= 4 is 34.0 Å². The number of amides is 2. The minimum Gasteiger partial charge on any atom is -0.493 e. The van der Waals surface area contributed by atoms with Gasteiger partial charge in [-0.1, -0.05) is 6.07 Å². The third-order valence-corrected chi connectivity index (χ3v) is 6.11. The molecule has 1 N–H and O–H groups in total. The molecule has 0 aliphatic carbocycles. The van der Waals surface area contributed by atoms with E-state index in [0.29, 0.717) is 41.8 Å². The van der Waals surface area contributed by atoms with Gasteiger partial charge in [0.15, 0.2) is 23.2 Å². The molecule has 8 nitrogen and oxygen atoms in total. The second-order valence-corrected chi connectivity index (χ2v) is 8.24. The lowest BCUT2D eigenvalue weighted by atomic mass is 10.1. The highest BCUT2D eigenvalue weighted by molar-refractivity contribution is 7.14. The first-order valence-electron chi connectivity index (χ1n) is 10.6. The van der Waals surface area contributed by atoms with E-state index in [2.05, 4.69) is 10.3 Å². The Morgan fingerprint density at radius 3 is 2.76 bits per heavy atom. The highest BCUT2D eigenvalue weighted by Crippen LogP contribution is 2.36. The number of thiazole rings is 1. The van der Waals surface area contributed by atoms with Gasteiger partial charge in [-0.3, -0.25) is 9.59 Å². The number of aryl methyl sites for hydroxylation is 1. The zero-order chi connectivity index (χ0) is 23.4. The maximum atomic E-state index is 12.5. The topological polar surface area (TPSA) is 90.0 Å². The number of ether oxygens (including phenoxy) is 3. The van der Waals surface area contributed by atoms with Crippen molar-refractivity contribution in [1.29, 1.82) is 0 Å². The second-order valence-electron chi connectivity index (χ2n) is 7.38. The van der Waals surface area contributed by atoms with Crippen molar-refractivity contribution in [1.82, 2.24) is 4.98 Å². The van der Waals surface area contributed by atoms with Crippen molar-refractivity contribution in [3.8, 4) is 28.5 Å². The van der Waals surface area contributed by atoms with E-state index in [1.807, 2.05) is 48.7 Å². The van der Waals surface area contributed by atoms with Crippen LogP contribution in [0.2, 0.25) is 0 Å². The Bertz CT molecular complexity index is 1180. The van der Waals surface area contributed by atoms with Crippen LogP contribution in [-0.4, -0.2) is 44.2 Å². The van der Waals surface area contributed by atoms with E-state index in [9.17, 15) is 9.59 Å². The first-order chi connectivity index (χ1) is 16.0. The van der Waals surface area contributed by atoms with Crippen LogP contribution in [0.3, 0.4) is 0 Å². The van der Waals surface area contributed by atoms with E-state index in [0.717, 1.165) is 22.5 Å². The summed E-state index contributed by atoms with van der Waals surface area (Å²) in [4.78, 5) is 30.8. The van der Waals surface area contributed by atoms with Gasteiger partial charge in [0.05, 0.1) is 25.6 Å². The minimum absolute atomic E-state index is 0.0520. The molecule has 0 spiro atoms. The maximum absolute atomic E-state index is 12.5. The summed E-state index contributed by atoms with van der Waals surface area (Å²) >= 11 is 1.36. The number of carbonyl (C=O) groups excluding carboxylic acids is 2. The van der Waals surface area contributed by atoms with E-state index in [1.54, 1.807) is 19.1 Å². The zero-order valence-corrected chi connectivity index (χ0v) is 19.5. The number of methoxy groups -OCH3 is 2. The summed E-state index contributed by atoms with van der Waals surface area (Å²) in [6, 6.07) is 11.3. The quantitative estimate of drug-likeness (QED) is 0.535. The molecule has 0 radical (unpaired) electrons. The van der Waals surface area contributed by atoms with Crippen LogP contribution in [0.4, 0.5) is 10.8 Å². The lowest BCUT2D eigenvalue weighted by Gasteiger charge is -2.28. The Morgan fingerprint density at radius 1 is 1.18 bits per heavy atom. The second kappa shape index (κ2) is 9.91. The van der Waals surface area contributed by atoms with Crippen LogP contribution >= 0.6 is 11.3 Å². The molecule has 9 heteroatoms. The molecule has 0 fully saturated rings. The Balaban J connectivity index is 1.40. The summed E-state index contributed by atoms with van der Waals surface area (Å²) < 4.78 is 16.1. The molecule has 4 rings (SSSR count). The molecule has 172 valence electrons. The normalized spacial score (nSPS) is 12.7. The predicted molar refractivity (Wildman–Crippen MR) is 128 cm³/mol. The third-order valence-electron chi connectivity index (χ3n) is 5.35.